The molecular formula is C12H16Cl2N2. The summed E-state index contributed by atoms with van der Waals surface area (Å²) in [4.78, 5) is 2.32. The highest BCUT2D eigenvalue weighted by Crippen LogP contribution is 2.29. The normalized spacial score (nSPS) is 21.9. The van der Waals surface area contributed by atoms with Crippen LogP contribution in [0.1, 0.15) is 13.3 Å². The average Bonchev–Trinajstić information content (AvgIpc) is 2.43. The summed E-state index contributed by atoms with van der Waals surface area (Å²) in [6.07, 6.45) is 1.14. The Morgan fingerprint density at radius 3 is 2.94 bits per heavy atom. The summed E-state index contributed by atoms with van der Waals surface area (Å²) in [5.74, 6) is 0. The largest absolute Gasteiger partial charge is 0.369 e. The Morgan fingerprint density at radius 2 is 2.19 bits per heavy atom. The summed E-state index contributed by atoms with van der Waals surface area (Å²) in [6.45, 7) is 5.30. The number of benzene rings is 1. The molecule has 0 amide bonds. The first-order valence-corrected chi connectivity index (χ1v) is 6.36. The van der Waals surface area contributed by atoms with Gasteiger partial charge in [-0.15, -0.1) is 0 Å². The Morgan fingerprint density at radius 1 is 1.38 bits per heavy atom. The number of hydrogen-bond acceptors (Lipinski definition) is 2. The van der Waals surface area contributed by atoms with Crippen LogP contribution in [0, 0.1) is 0 Å². The van der Waals surface area contributed by atoms with Crippen LogP contribution in [-0.4, -0.2) is 25.7 Å². The third-order valence-corrected chi connectivity index (χ3v) is 3.38. The Labute approximate surface area is 107 Å². The molecule has 1 aromatic carbocycles. The van der Waals surface area contributed by atoms with Crippen LogP contribution >= 0.6 is 23.2 Å². The SMILES string of the molecule is CC1CN(c2ccc(Cl)cc2Cl)CCCN1. The lowest BCUT2D eigenvalue weighted by Gasteiger charge is -2.25. The number of hydrogen-bond donors (Lipinski definition) is 1. The van der Waals surface area contributed by atoms with Crippen LogP contribution in [-0.2, 0) is 0 Å². The van der Waals surface area contributed by atoms with Crippen LogP contribution in [0.4, 0.5) is 5.69 Å². The third-order valence-electron chi connectivity index (χ3n) is 2.84. The van der Waals surface area contributed by atoms with Gasteiger partial charge in [-0.1, -0.05) is 23.2 Å². The second-order valence-corrected chi connectivity index (χ2v) is 5.09. The molecule has 4 heteroatoms. The van der Waals surface area contributed by atoms with Gasteiger partial charge in [-0.05, 0) is 38.1 Å². The summed E-state index contributed by atoms with van der Waals surface area (Å²) in [5, 5.41) is 4.89. The monoisotopic (exact) mass is 258 g/mol. The first-order valence-electron chi connectivity index (χ1n) is 5.60. The Kier molecular flexibility index (Phi) is 3.95. The Balaban J connectivity index is 2.21. The molecule has 1 saturated heterocycles. The van der Waals surface area contributed by atoms with Crippen molar-refractivity contribution >= 4 is 28.9 Å². The molecule has 1 aliphatic heterocycles. The van der Waals surface area contributed by atoms with Crippen LogP contribution in [0.5, 0.6) is 0 Å². The highest BCUT2D eigenvalue weighted by molar-refractivity contribution is 6.36. The van der Waals surface area contributed by atoms with Crippen molar-refractivity contribution in [3.8, 4) is 0 Å². The molecule has 1 aromatic rings. The molecule has 16 heavy (non-hydrogen) atoms. The molecule has 0 bridgehead atoms. The van der Waals surface area contributed by atoms with Crippen molar-refractivity contribution in [1.29, 1.82) is 0 Å². The van der Waals surface area contributed by atoms with Gasteiger partial charge in [0, 0.05) is 24.2 Å². The molecule has 0 radical (unpaired) electrons. The minimum atomic E-state index is 0.495. The minimum absolute atomic E-state index is 0.495. The predicted octanol–water partition coefficient (Wildman–Crippen LogP) is 3.18. The molecule has 0 spiro atoms. The average molecular weight is 259 g/mol. The summed E-state index contributed by atoms with van der Waals surface area (Å²) in [6, 6.07) is 6.20. The zero-order valence-electron chi connectivity index (χ0n) is 9.34. The number of nitrogens with one attached hydrogen (secondary N) is 1. The van der Waals surface area contributed by atoms with Crippen LogP contribution in [0.2, 0.25) is 10.0 Å². The van der Waals surface area contributed by atoms with Crippen molar-refractivity contribution in [2.75, 3.05) is 24.5 Å². The first kappa shape index (κ1) is 12.0. The summed E-state index contributed by atoms with van der Waals surface area (Å²) in [7, 11) is 0. The van der Waals surface area contributed by atoms with Crippen molar-refractivity contribution in [2.24, 2.45) is 0 Å². The van der Waals surface area contributed by atoms with Gasteiger partial charge in [-0.3, -0.25) is 0 Å². The van der Waals surface area contributed by atoms with Crippen LogP contribution in [0.25, 0.3) is 0 Å². The topological polar surface area (TPSA) is 15.3 Å². The molecule has 2 nitrogen and oxygen atoms in total. The maximum atomic E-state index is 6.22. The highest BCUT2D eigenvalue weighted by Gasteiger charge is 2.16. The molecule has 1 fully saturated rings. The van der Waals surface area contributed by atoms with E-state index in [4.69, 9.17) is 23.2 Å². The second-order valence-electron chi connectivity index (χ2n) is 4.25. The molecule has 2 rings (SSSR count). The number of halogens is 2. The molecule has 0 saturated carbocycles. The molecule has 0 aromatic heterocycles. The van der Waals surface area contributed by atoms with E-state index in [1.165, 1.54) is 0 Å². The standard InChI is InChI=1S/C12H16Cl2N2/c1-9-8-16(6-2-5-15-9)12-4-3-10(13)7-11(12)14/h3-4,7,9,15H,2,5-6,8H2,1H3. The lowest BCUT2D eigenvalue weighted by atomic mass is 10.2. The number of anilines is 1. The fraction of sp³-hybridized carbons (Fsp3) is 0.500. The third kappa shape index (κ3) is 2.82. The van der Waals surface area contributed by atoms with E-state index in [1.54, 1.807) is 6.07 Å². The van der Waals surface area contributed by atoms with Crippen LogP contribution in [0.15, 0.2) is 18.2 Å². The van der Waals surface area contributed by atoms with E-state index in [-0.39, 0.29) is 0 Å². The molecule has 1 heterocycles. The van der Waals surface area contributed by atoms with Crippen LogP contribution < -0.4 is 10.2 Å². The molecule has 88 valence electrons. The van der Waals surface area contributed by atoms with Crippen molar-refractivity contribution < 1.29 is 0 Å². The van der Waals surface area contributed by atoms with Gasteiger partial charge >= 0.3 is 0 Å². The van der Waals surface area contributed by atoms with E-state index in [0.29, 0.717) is 11.1 Å². The fourth-order valence-electron chi connectivity index (χ4n) is 2.06. The van der Waals surface area contributed by atoms with Gasteiger partial charge in [0.15, 0.2) is 0 Å². The Hall–Kier alpha value is -0.440. The van der Waals surface area contributed by atoms with E-state index in [1.807, 2.05) is 12.1 Å². The zero-order chi connectivity index (χ0) is 11.5. The van der Waals surface area contributed by atoms with Crippen molar-refractivity contribution in [3.05, 3.63) is 28.2 Å². The Bertz CT molecular complexity index is 368. The summed E-state index contributed by atoms with van der Waals surface area (Å²) in [5.41, 5.74) is 1.08. The smallest absolute Gasteiger partial charge is 0.0654 e. The summed E-state index contributed by atoms with van der Waals surface area (Å²) >= 11 is 12.1. The maximum absolute atomic E-state index is 6.22. The molecule has 1 unspecified atom stereocenters. The van der Waals surface area contributed by atoms with Crippen molar-refractivity contribution in [2.45, 2.75) is 19.4 Å². The van der Waals surface area contributed by atoms with E-state index in [9.17, 15) is 0 Å². The maximum Gasteiger partial charge on any atom is 0.0654 e. The van der Waals surface area contributed by atoms with Crippen molar-refractivity contribution in [3.63, 3.8) is 0 Å². The van der Waals surface area contributed by atoms with Gasteiger partial charge in [0.05, 0.1) is 10.7 Å². The lowest BCUT2D eigenvalue weighted by molar-refractivity contribution is 0.585. The van der Waals surface area contributed by atoms with E-state index >= 15 is 0 Å². The fourth-order valence-corrected chi connectivity index (χ4v) is 2.59. The zero-order valence-corrected chi connectivity index (χ0v) is 10.9. The van der Waals surface area contributed by atoms with Gasteiger partial charge in [-0.25, -0.2) is 0 Å². The van der Waals surface area contributed by atoms with E-state index in [2.05, 4.69) is 17.1 Å². The minimum Gasteiger partial charge on any atom is -0.369 e. The molecule has 1 aliphatic rings. The van der Waals surface area contributed by atoms with E-state index < -0.39 is 0 Å². The molecule has 1 atom stereocenters. The van der Waals surface area contributed by atoms with E-state index in [0.717, 1.165) is 36.8 Å². The van der Waals surface area contributed by atoms with Gasteiger partial charge in [0.1, 0.15) is 0 Å². The number of rotatable bonds is 1. The summed E-state index contributed by atoms with van der Waals surface area (Å²) < 4.78 is 0. The number of nitrogens with zero attached hydrogens (tertiary/aromatic N) is 1. The highest BCUT2D eigenvalue weighted by atomic mass is 35.5. The van der Waals surface area contributed by atoms with Gasteiger partial charge in [0.2, 0.25) is 0 Å². The quantitative estimate of drug-likeness (QED) is 0.833. The van der Waals surface area contributed by atoms with Crippen molar-refractivity contribution in [1.82, 2.24) is 5.32 Å². The van der Waals surface area contributed by atoms with Crippen LogP contribution in [0.3, 0.4) is 0 Å². The van der Waals surface area contributed by atoms with Gasteiger partial charge in [-0.2, -0.15) is 0 Å². The molecule has 0 aliphatic carbocycles. The van der Waals surface area contributed by atoms with Gasteiger partial charge in [0.25, 0.3) is 0 Å². The predicted molar refractivity (Wildman–Crippen MR) is 70.8 cm³/mol. The second kappa shape index (κ2) is 5.26. The first-order chi connectivity index (χ1) is 7.66. The molecule has 1 N–H and O–H groups in total. The lowest BCUT2D eigenvalue weighted by Crippen LogP contribution is -2.35. The van der Waals surface area contributed by atoms with Gasteiger partial charge < -0.3 is 10.2 Å². The molecular weight excluding hydrogens is 243 g/mol.